The molecular weight excluding hydrogens is 358 g/mol. The summed E-state index contributed by atoms with van der Waals surface area (Å²) < 4.78 is 0. The van der Waals surface area contributed by atoms with Gasteiger partial charge in [-0.2, -0.15) is 11.8 Å². The van der Waals surface area contributed by atoms with E-state index in [9.17, 15) is 4.79 Å². The largest absolute Gasteiger partial charge is 0.355 e. The van der Waals surface area contributed by atoms with Gasteiger partial charge in [0.05, 0.1) is 0 Å². The van der Waals surface area contributed by atoms with E-state index in [0.29, 0.717) is 13.0 Å². The molecule has 0 aliphatic heterocycles. The minimum atomic E-state index is 0.127. The first-order valence-electron chi connectivity index (χ1n) is 7.92. The molecule has 1 N–H and O–H groups in total. The second-order valence-electron chi connectivity index (χ2n) is 5.44. The van der Waals surface area contributed by atoms with Crippen LogP contribution in [0.3, 0.4) is 0 Å². The SMILES string of the molecule is Cc1ccc(SCCC(=O)NCCSCc2ccc(Cl)cc2)cc1. The van der Waals surface area contributed by atoms with Gasteiger partial charge in [-0.15, -0.1) is 11.8 Å². The molecule has 0 unspecified atom stereocenters. The average molecular weight is 380 g/mol. The van der Waals surface area contributed by atoms with Crippen molar-refractivity contribution < 1.29 is 4.79 Å². The standard InChI is InChI=1S/C19H22ClNOS2/c1-15-2-8-18(9-3-15)24-12-10-19(22)21-11-13-23-14-16-4-6-17(20)7-5-16/h2-9H,10-14H2,1H3,(H,21,22). The fourth-order valence-electron chi connectivity index (χ4n) is 2.02. The molecule has 2 nitrogen and oxygen atoms in total. The Balaban J connectivity index is 1.51. The van der Waals surface area contributed by atoms with Crippen LogP contribution in [0.5, 0.6) is 0 Å². The number of hydrogen-bond acceptors (Lipinski definition) is 3. The first-order valence-corrected chi connectivity index (χ1v) is 10.4. The summed E-state index contributed by atoms with van der Waals surface area (Å²) in [4.78, 5) is 13.0. The van der Waals surface area contributed by atoms with Crippen molar-refractivity contribution in [3.05, 3.63) is 64.7 Å². The van der Waals surface area contributed by atoms with Crippen LogP contribution in [0.1, 0.15) is 17.5 Å². The highest BCUT2D eigenvalue weighted by Crippen LogP contribution is 2.19. The summed E-state index contributed by atoms with van der Waals surface area (Å²) in [6.45, 7) is 2.79. The molecule has 2 aromatic rings. The van der Waals surface area contributed by atoms with Gasteiger partial charge in [-0.05, 0) is 36.8 Å². The van der Waals surface area contributed by atoms with E-state index in [2.05, 4.69) is 36.5 Å². The van der Waals surface area contributed by atoms with Crippen LogP contribution in [0.2, 0.25) is 5.02 Å². The van der Waals surface area contributed by atoms with Crippen molar-refractivity contribution in [2.24, 2.45) is 0 Å². The zero-order valence-electron chi connectivity index (χ0n) is 13.8. The Morgan fingerprint density at radius 2 is 1.75 bits per heavy atom. The Bertz CT molecular complexity index is 629. The van der Waals surface area contributed by atoms with Crippen molar-refractivity contribution in [1.29, 1.82) is 0 Å². The Kier molecular flexibility index (Phi) is 8.57. The number of carbonyl (C=O) groups excluding carboxylic acids is 1. The van der Waals surface area contributed by atoms with Gasteiger partial charge in [0.25, 0.3) is 0 Å². The molecule has 0 aromatic heterocycles. The monoisotopic (exact) mass is 379 g/mol. The smallest absolute Gasteiger partial charge is 0.220 e. The lowest BCUT2D eigenvalue weighted by Gasteiger charge is -2.06. The number of halogens is 1. The van der Waals surface area contributed by atoms with Crippen LogP contribution in [0.25, 0.3) is 0 Å². The van der Waals surface area contributed by atoms with Crippen LogP contribution in [0, 0.1) is 6.92 Å². The number of rotatable bonds is 9. The van der Waals surface area contributed by atoms with Gasteiger partial charge in [-0.1, -0.05) is 41.4 Å². The number of benzene rings is 2. The van der Waals surface area contributed by atoms with Crippen LogP contribution in [0.15, 0.2) is 53.4 Å². The summed E-state index contributed by atoms with van der Waals surface area (Å²) in [5.74, 6) is 2.80. The van der Waals surface area contributed by atoms with E-state index in [1.54, 1.807) is 11.8 Å². The highest BCUT2D eigenvalue weighted by molar-refractivity contribution is 7.99. The predicted molar refractivity (Wildman–Crippen MR) is 107 cm³/mol. The fraction of sp³-hybridized carbons (Fsp3) is 0.316. The van der Waals surface area contributed by atoms with Gasteiger partial charge < -0.3 is 5.32 Å². The summed E-state index contributed by atoms with van der Waals surface area (Å²) in [6, 6.07) is 16.3. The van der Waals surface area contributed by atoms with Gasteiger partial charge in [0.2, 0.25) is 5.91 Å². The molecule has 1 amide bonds. The van der Waals surface area contributed by atoms with Gasteiger partial charge >= 0.3 is 0 Å². The molecule has 5 heteroatoms. The van der Waals surface area contributed by atoms with Crippen molar-refractivity contribution in [3.8, 4) is 0 Å². The van der Waals surface area contributed by atoms with Crippen molar-refractivity contribution in [3.63, 3.8) is 0 Å². The number of carbonyl (C=O) groups is 1. The van der Waals surface area contributed by atoms with E-state index in [1.165, 1.54) is 16.0 Å². The van der Waals surface area contributed by atoms with Crippen LogP contribution in [-0.4, -0.2) is 24.0 Å². The zero-order valence-corrected chi connectivity index (χ0v) is 16.1. The van der Waals surface area contributed by atoms with Gasteiger partial charge in [-0.25, -0.2) is 0 Å². The summed E-state index contributed by atoms with van der Waals surface area (Å²) in [5.41, 5.74) is 2.51. The highest BCUT2D eigenvalue weighted by atomic mass is 35.5. The fourth-order valence-corrected chi connectivity index (χ4v) is 3.81. The molecule has 2 aromatic carbocycles. The highest BCUT2D eigenvalue weighted by Gasteiger charge is 2.02. The molecule has 24 heavy (non-hydrogen) atoms. The third-order valence-corrected chi connectivity index (χ3v) is 5.67. The molecule has 0 bridgehead atoms. The molecule has 128 valence electrons. The Labute approximate surface area is 157 Å². The number of hydrogen-bond donors (Lipinski definition) is 1. The van der Waals surface area contributed by atoms with Crippen molar-refractivity contribution >= 4 is 41.0 Å². The molecule has 0 saturated carbocycles. The Hall–Kier alpha value is -1.10. The lowest BCUT2D eigenvalue weighted by Crippen LogP contribution is -2.25. The minimum absolute atomic E-state index is 0.127. The second-order valence-corrected chi connectivity index (χ2v) is 8.15. The molecule has 2 rings (SSSR count). The zero-order chi connectivity index (χ0) is 17.2. The molecule has 0 atom stereocenters. The Morgan fingerprint density at radius 1 is 1.04 bits per heavy atom. The molecule has 0 radical (unpaired) electrons. The van der Waals surface area contributed by atoms with E-state index in [-0.39, 0.29) is 5.91 Å². The topological polar surface area (TPSA) is 29.1 Å². The third kappa shape index (κ3) is 7.65. The summed E-state index contributed by atoms with van der Waals surface area (Å²) in [7, 11) is 0. The van der Waals surface area contributed by atoms with E-state index < -0.39 is 0 Å². The first kappa shape index (κ1) is 19.2. The van der Waals surface area contributed by atoms with Gasteiger partial charge in [0.15, 0.2) is 0 Å². The Morgan fingerprint density at radius 3 is 2.46 bits per heavy atom. The van der Waals surface area contributed by atoms with E-state index in [4.69, 9.17) is 11.6 Å². The van der Waals surface area contributed by atoms with Gasteiger partial charge in [0.1, 0.15) is 0 Å². The number of nitrogens with one attached hydrogen (secondary N) is 1. The number of aryl methyl sites for hydroxylation is 1. The lowest BCUT2D eigenvalue weighted by molar-refractivity contribution is -0.120. The summed E-state index contributed by atoms with van der Waals surface area (Å²) in [6.07, 6.45) is 0.556. The van der Waals surface area contributed by atoms with Gasteiger partial charge in [-0.3, -0.25) is 4.79 Å². The van der Waals surface area contributed by atoms with Crippen LogP contribution >= 0.6 is 35.1 Å². The van der Waals surface area contributed by atoms with Crippen molar-refractivity contribution in [1.82, 2.24) is 5.32 Å². The molecular formula is C19H22ClNOS2. The van der Waals surface area contributed by atoms with E-state index in [0.717, 1.165) is 22.3 Å². The minimum Gasteiger partial charge on any atom is -0.355 e. The maximum absolute atomic E-state index is 11.8. The molecule has 0 fully saturated rings. The lowest BCUT2D eigenvalue weighted by atomic mass is 10.2. The van der Waals surface area contributed by atoms with E-state index in [1.807, 2.05) is 36.0 Å². The normalized spacial score (nSPS) is 10.6. The summed E-state index contributed by atoms with van der Waals surface area (Å²) >= 11 is 9.40. The molecule has 0 aliphatic carbocycles. The second kappa shape index (κ2) is 10.7. The van der Waals surface area contributed by atoms with Crippen molar-refractivity contribution in [2.75, 3.05) is 18.1 Å². The first-order chi connectivity index (χ1) is 11.6. The molecule has 0 aliphatic rings. The molecule has 0 heterocycles. The van der Waals surface area contributed by atoms with Crippen LogP contribution < -0.4 is 5.32 Å². The predicted octanol–water partition coefficient (Wildman–Crippen LogP) is 5.18. The maximum atomic E-state index is 11.8. The molecule has 0 saturated heterocycles. The van der Waals surface area contributed by atoms with Crippen LogP contribution in [-0.2, 0) is 10.5 Å². The third-order valence-electron chi connectivity index (χ3n) is 3.37. The van der Waals surface area contributed by atoms with Gasteiger partial charge in [0, 0.05) is 40.1 Å². The molecule has 0 spiro atoms. The van der Waals surface area contributed by atoms with Crippen LogP contribution in [0.4, 0.5) is 0 Å². The summed E-state index contributed by atoms with van der Waals surface area (Å²) in [5, 5.41) is 3.74. The quantitative estimate of drug-likeness (QED) is 0.480. The number of thioether (sulfide) groups is 2. The number of amides is 1. The average Bonchev–Trinajstić information content (AvgIpc) is 2.58. The maximum Gasteiger partial charge on any atom is 0.220 e. The van der Waals surface area contributed by atoms with E-state index >= 15 is 0 Å². The van der Waals surface area contributed by atoms with Crippen molar-refractivity contribution in [2.45, 2.75) is 24.0 Å².